The van der Waals surface area contributed by atoms with Crippen LogP contribution in [0.4, 0.5) is 16.6 Å². The largest absolute Gasteiger partial charge is 0.465 e. The molecule has 10 heteroatoms. The van der Waals surface area contributed by atoms with Crippen LogP contribution in [0.1, 0.15) is 45.0 Å². The van der Waals surface area contributed by atoms with Crippen molar-refractivity contribution >= 4 is 28.9 Å². The maximum Gasteiger partial charge on any atom is 0.407 e. The predicted molar refractivity (Wildman–Crippen MR) is 147 cm³/mol. The van der Waals surface area contributed by atoms with E-state index in [4.69, 9.17) is 0 Å². The van der Waals surface area contributed by atoms with Gasteiger partial charge in [0.25, 0.3) is 0 Å². The number of aromatic amines is 1. The van der Waals surface area contributed by atoms with E-state index in [1.807, 2.05) is 43.3 Å². The van der Waals surface area contributed by atoms with Crippen LogP contribution in [-0.4, -0.2) is 71.6 Å². The van der Waals surface area contributed by atoms with Crippen LogP contribution >= 0.6 is 0 Å². The van der Waals surface area contributed by atoms with Crippen LogP contribution in [0.5, 0.6) is 0 Å². The molecule has 5 rings (SSSR count). The highest BCUT2D eigenvalue weighted by Crippen LogP contribution is 2.32. The van der Waals surface area contributed by atoms with Crippen molar-refractivity contribution in [1.82, 2.24) is 34.7 Å². The summed E-state index contributed by atoms with van der Waals surface area (Å²) in [7, 11) is 0. The van der Waals surface area contributed by atoms with Crippen LogP contribution < -0.4 is 5.32 Å². The number of aromatic nitrogens is 5. The first-order valence-corrected chi connectivity index (χ1v) is 12.8. The van der Waals surface area contributed by atoms with Gasteiger partial charge < -0.3 is 20.3 Å². The highest BCUT2D eigenvalue weighted by Gasteiger charge is 2.39. The van der Waals surface area contributed by atoms with Crippen LogP contribution in [0.3, 0.4) is 0 Å². The predicted octanol–water partition coefficient (Wildman–Crippen LogP) is 5.24. The SMILES string of the molecule is Cc1cc(-c2ccc3nc(Nc4cc(C(C)N5CCN(C(=O)O)C(C(C)(C)C)C5)ccn4)[nH]c3c2)ncn1. The van der Waals surface area contributed by atoms with Gasteiger partial charge in [0.15, 0.2) is 0 Å². The van der Waals surface area contributed by atoms with E-state index in [9.17, 15) is 9.90 Å². The second-order valence-electron chi connectivity index (χ2n) is 11.0. The summed E-state index contributed by atoms with van der Waals surface area (Å²) in [6, 6.07) is 12.0. The fraction of sp³-hybridized carbons (Fsp3) is 0.393. The van der Waals surface area contributed by atoms with Crippen LogP contribution in [0, 0.1) is 12.3 Å². The molecular weight excluding hydrogens is 480 g/mol. The first-order chi connectivity index (χ1) is 18.1. The monoisotopic (exact) mass is 514 g/mol. The topological polar surface area (TPSA) is 123 Å². The van der Waals surface area contributed by atoms with Crippen molar-refractivity contribution in [3.63, 3.8) is 0 Å². The van der Waals surface area contributed by atoms with E-state index in [1.165, 1.54) is 0 Å². The van der Waals surface area contributed by atoms with E-state index >= 15 is 0 Å². The van der Waals surface area contributed by atoms with Crippen molar-refractivity contribution in [3.8, 4) is 11.3 Å². The van der Waals surface area contributed by atoms with Crippen molar-refractivity contribution in [2.24, 2.45) is 5.41 Å². The molecule has 0 radical (unpaired) electrons. The number of carboxylic acid groups (broad SMARTS) is 1. The van der Waals surface area contributed by atoms with E-state index in [2.05, 4.69) is 62.8 Å². The number of H-pyrrole nitrogens is 1. The molecule has 3 N–H and O–H groups in total. The average molecular weight is 515 g/mol. The average Bonchev–Trinajstić information content (AvgIpc) is 3.29. The number of amides is 1. The zero-order valence-corrected chi connectivity index (χ0v) is 22.4. The molecule has 1 fully saturated rings. The van der Waals surface area contributed by atoms with E-state index in [1.54, 1.807) is 17.4 Å². The molecule has 0 saturated carbocycles. The number of benzene rings is 1. The highest BCUT2D eigenvalue weighted by molar-refractivity contribution is 5.83. The number of hydrogen-bond donors (Lipinski definition) is 3. The molecule has 1 aliphatic heterocycles. The fourth-order valence-electron chi connectivity index (χ4n) is 5.07. The number of piperazine rings is 1. The second-order valence-corrected chi connectivity index (χ2v) is 11.0. The van der Waals surface area contributed by atoms with Gasteiger partial charge in [0.05, 0.1) is 22.8 Å². The Morgan fingerprint density at radius 2 is 1.95 bits per heavy atom. The summed E-state index contributed by atoms with van der Waals surface area (Å²) in [5.74, 6) is 1.30. The molecule has 10 nitrogen and oxygen atoms in total. The first-order valence-electron chi connectivity index (χ1n) is 12.8. The van der Waals surface area contributed by atoms with E-state index in [0.717, 1.165) is 33.5 Å². The molecule has 1 aliphatic rings. The van der Waals surface area contributed by atoms with Gasteiger partial charge in [-0.05, 0) is 55.2 Å². The van der Waals surface area contributed by atoms with E-state index < -0.39 is 6.09 Å². The van der Waals surface area contributed by atoms with Gasteiger partial charge in [-0.15, -0.1) is 0 Å². The molecule has 0 aliphatic carbocycles. The minimum atomic E-state index is -0.849. The summed E-state index contributed by atoms with van der Waals surface area (Å²) in [5, 5.41) is 13.0. The summed E-state index contributed by atoms with van der Waals surface area (Å²) in [4.78, 5) is 36.8. The molecule has 2 atom stereocenters. The van der Waals surface area contributed by atoms with Crippen LogP contribution in [0.15, 0.2) is 48.9 Å². The lowest BCUT2D eigenvalue weighted by Crippen LogP contribution is -2.59. The Hall–Kier alpha value is -4.05. The Kier molecular flexibility index (Phi) is 6.75. The Labute approximate surface area is 222 Å². The number of anilines is 2. The fourth-order valence-corrected chi connectivity index (χ4v) is 5.07. The van der Waals surface area contributed by atoms with Gasteiger partial charge in [-0.2, -0.15) is 0 Å². The number of pyridine rings is 1. The van der Waals surface area contributed by atoms with Crippen LogP contribution in [0.25, 0.3) is 22.3 Å². The molecule has 1 amide bonds. The third-order valence-electron chi connectivity index (χ3n) is 7.30. The zero-order chi connectivity index (χ0) is 27.0. The number of imidazole rings is 1. The van der Waals surface area contributed by atoms with Crippen molar-refractivity contribution in [1.29, 1.82) is 0 Å². The Balaban J connectivity index is 1.33. The van der Waals surface area contributed by atoms with Gasteiger partial charge in [-0.1, -0.05) is 26.8 Å². The second kappa shape index (κ2) is 10.0. The minimum Gasteiger partial charge on any atom is -0.465 e. The van der Waals surface area contributed by atoms with Crippen molar-refractivity contribution in [2.75, 3.05) is 25.0 Å². The van der Waals surface area contributed by atoms with E-state index in [-0.39, 0.29) is 17.5 Å². The summed E-state index contributed by atoms with van der Waals surface area (Å²) in [5.41, 5.74) is 5.46. The zero-order valence-electron chi connectivity index (χ0n) is 22.4. The maximum atomic E-state index is 11.8. The number of fused-ring (bicyclic) bond motifs is 1. The molecule has 1 saturated heterocycles. The summed E-state index contributed by atoms with van der Waals surface area (Å²) in [6.07, 6.45) is 2.52. The summed E-state index contributed by atoms with van der Waals surface area (Å²) >= 11 is 0. The van der Waals surface area contributed by atoms with Gasteiger partial charge >= 0.3 is 6.09 Å². The van der Waals surface area contributed by atoms with Crippen molar-refractivity contribution < 1.29 is 9.90 Å². The molecule has 198 valence electrons. The lowest BCUT2D eigenvalue weighted by atomic mass is 9.84. The third-order valence-corrected chi connectivity index (χ3v) is 7.30. The van der Waals surface area contributed by atoms with Crippen molar-refractivity contribution in [3.05, 3.63) is 60.2 Å². The standard InChI is InChI=1S/C28H34N8O2/c1-17-12-22(31-16-30-17)20-6-7-21-23(13-20)33-26(32-21)34-25-14-19(8-9-29-25)18(2)35-10-11-36(27(37)38)24(15-35)28(3,4)5/h6-9,12-14,16,18,24H,10-11,15H2,1-5H3,(H,37,38)(H2,29,32,33,34). The Morgan fingerprint density at radius 3 is 2.68 bits per heavy atom. The van der Waals surface area contributed by atoms with Gasteiger partial charge in [0, 0.05) is 43.1 Å². The number of aryl methyl sites for hydroxylation is 1. The van der Waals surface area contributed by atoms with Gasteiger partial charge in [-0.25, -0.2) is 24.7 Å². The molecule has 1 aromatic carbocycles. The number of nitrogens with one attached hydrogen (secondary N) is 2. The molecule has 38 heavy (non-hydrogen) atoms. The van der Waals surface area contributed by atoms with Gasteiger partial charge in [0.1, 0.15) is 12.1 Å². The quantitative estimate of drug-likeness (QED) is 0.330. The molecule has 2 unspecified atom stereocenters. The lowest BCUT2D eigenvalue weighted by molar-refractivity contribution is 0.00820. The molecular formula is C28H34N8O2. The molecule has 4 aromatic rings. The van der Waals surface area contributed by atoms with Crippen LogP contribution in [0.2, 0.25) is 0 Å². The van der Waals surface area contributed by atoms with Crippen molar-refractivity contribution in [2.45, 2.75) is 46.7 Å². The lowest BCUT2D eigenvalue weighted by Gasteiger charge is -2.47. The number of carbonyl (C=O) groups is 1. The Bertz CT molecular complexity index is 1460. The Morgan fingerprint density at radius 1 is 1.13 bits per heavy atom. The van der Waals surface area contributed by atoms with Gasteiger partial charge in [-0.3, -0.25) is 4.90 Å². The molecule has 4 heterocycles. The molecule has 0 bridgehead atoms. The van der Waals surface area contributed by atoms with Gasteiger partial charge in [0.2, 0.25) is 5.95 Å². The number of rotatable bonds is 5. The van der Waals surface area contributed by atoms with Crippen LogP contribution in [-0.2, 0) is 0 Å². The minimum absolute atomic E-state index is 0.0812. The van der Waals surface area contributed by atoms with E-state index in [0.29, 0.717) is 31.4 Å². The number of nitrogens with zero attached hydrogens (tertiary/aromatic N) is 6. The number of hydrogen-bond acceptors (Lipinski definition) is 7. The molecule has 0 spiro atoms. The normalized spacial score (nSPS) is 17.5. The smallest absolute Gasteiger partial charge is 0.407 e. The summed E-state index contributed by atoms with van der Waals surface area (Å²) in [6.45, 7) is 12.3. The maximum absolute atomic E-state index is 11.8. The third kappa shape index (κ3) is 5.31. The summed E-state index contributed by atoms with van der Waals surface area (Å²) < 4.78 is 0. The highest BCUT2D eigenvalue weighted by atomic mass is 16.4. The first kappa shape index (κ1) is 25.6. The molecule has 3 aromatic heterocycles.